The van der Waals surface area contributed by atoms with Gasteiger partial charge in [0.15, 0.2) is 0 Å². The largest absolute Gasteiger partial charge is 0.392 e. The van der Waals surface area contributed by atoms with Crippen LogP contribution in [0.3, 0.4) is 0 Å². The molecule has 0 heterocycles. The number of hydrogen-bond acceptors (Lipinski definition) is 6. The second-order valence-corrected chi connectivity index (χ2v) is 7.00. The first-order valence-electron chi connectivity index (χ1n) is 10.6. The van der Waals surface area contributed by atoms with Gasteiger partial charge in [0.05, 0.1) is 18.9 Å². The van der Waals surface area contributed by atoms with E-state index >= 15 is 0 Å². The normalized spacial score (nSPS) is 11.2. The van der Waals surface area contributed by atoms with E-state index in [2.05, 4.69) is 11.6 Å². The third-order valence-electron chi connectivity index (χ3n) is 4.63. The standard InChI is InChI=1S/C15H10N2O2.C12H20O2/c16-10-19-15-7-3-13(4-8-15)9-12-1-5-14(6-2-12)17-11-18;1-2-12(9-5-7-11-14)8-4-3-6-10-13/h1-8H,9H2;2-3,5-7,12-14H,1,4,8-11H2/b;6-3+,7-5-. The Morgan fingerprint density at radius 1 is 0.970 bits per heavy atom. The van der Waals surface area contributed by atoms with Crippen molar-refractivity contribution in [3.8, 4) is 12.0 Å². The monoisotopic (exact) mass is 446 g/mol. The number of carbonyl (C=O) groups excluding carboxylic acids is 1. The van der Waals surface area contributed by atoms with Crippen molar-refractivity contribution in [1.29, 1.82) is 5.26 Å². The Kier molecular flexibility index (Phi) is 14.8. The lowest BCUT2D eigenvalue weighted by molar-refractivity contribution is 0.341. The van der Waals surface area contributed by atoms with E-state index < -0.39 is 0 Å². The maximum Gasteiger partial charge on any atom is 0.292 e. The molecule has 0 aliphatic carbocycles. The minimum Gasteiger partial charge on any atom is -0.392 e. The Morgan fingerprint density at radius 2 is 1.58 bits per heavy atom. The van der Waals surface area contributed by atoms with Crippen molar-refractivity contribution in [3.63, 3.8) is 0 Å². The van der Waals surface area contributed by atoms with Crippen molar-refractivity contribution in [3.05, 3.63) is 96.6 Å². The predicted octanol–water partition coefficient (Wildman–Crippen LogP) is 5.16. The molecule has 172 valence electrons. The molecule has 0 bridgehead atoms. The highest BCUT2D eigenvalue weighted by molar-refractivity contribution is 5.49. The van der Waals surface area contributed by atoms with Gasteiger partial charge in [-0.25, -0.2) is 4.79 Å². The van der Waals surface area contributed by atoms with Crippen LogP contribution in [-0.4, -0.2) is 29.5 Å². The average molecular weight is 447 g/mol. The number of aliphatic imine (C=N–C) groups is 1. The first-order valence-corrected chi connectivity index (χ1v) is 10.6. The van der Waals surface area contributed by atoms with Crippen LogP contribution in [0.2, 0.25) is 0 Å². The third kappa shape index (κ3) is 12.6. The van der Waals surface area contributed by atoms with Crippen LogP contribution in [-0.2, 0) is 11.2 Å². The molecule has 0 aliphatic rings. The topological polar surface area (TPSA) is 103 Å². The van der Waals surface area contributed by atoms with Crippen molar-refractivity contribution >= 4 is 11.8 Å². The lowest BCUT2D eigenvalue weighted by atomic mass is 9.99. The molecule has 0 saturated carbocycles. The van der Waals surface area contributed by atoms with Crippen LogP contribution in [0, 0.1) is 17.4 Å². The van der Waals surface area contributed by atoms with Crippen molar-refractivity contribution in [2.24, 2.45) is 10.9 Å². The number of rotatable bonds is 12. The number of isocyanates is 1. The third-order valence-corrected chi connectivity index (χ3v) is 4.63. The summed E-state index contributed by atoms with van der Waals surface area (Å²) in [5.41, 5.74) is 2.81. The smallest absolute Gasteiger partial charge is 0.292 e. The summed E-state index contributed by atoms with van der Waals surface area (Å²) in [6.07, 6.45) is 16.2. The van der Waals surface area contributed by atoms with E-state index in [4.69, 9.17) is 20.2 Å². The minimum absolute atomic E-state index is 0.105. The van der Waals surface area contributed by atoms with Crippen molar-refractivity contribution < 1.29 is 19.7 Å². The minimum atomic E-state index is 0.105. The second kappa shape index (κ2) is 17.9. The molecule has 0 aromatic heterocycles. The number of nitriles is 1. The van der Waals surface area contributed by atoms with Crippen molar-refractivity contribution in [2.45, 2.75) is 25.7 Å². The highest BCUT2D eigenvalue weighted by atomic mass is 16.5. The number of ether oxygens (including phenoxy) is 1. The summed E-state index contributed by atoms with van der Waals surface area (Å²) in [5.74, 6) is 0.989. The van der Waals surface area contributed by atoms with Gasteiger partial charge in [0.25, 0.3) is 6.26 Å². The summed E-state index contributed by atoms with van der Waals surface area (Å²) in [6, 6.07) is 14.7. The molecule has 0 fully saturated rings. The predicted molar refractivity (Wildman–Crippen MR) is 130 cm³/mol. The van der Waals surface area contributed by atoms with Gasteiger partial charge in [0, 0.05) is 0 Å². The Labute approximate surface area is 195 Å². The SMILES string of the molecule is C=CC(C/C=C\CO)CC/C=C/CO.N#COc1ccc(Cc2ccc(N=C=O)cc2)cc1. The summed E-state index contributed by atoms with van der Waals surface area (Å²) >= 11 is 0. The number of aliphatic hydroxyl groups excluding tert-OH is 2. The van der Waals surface area contributed by atoms with E-state index in [1.54, 1.807) is 42.7 Å². The maximum absolute atomic E-state index is 10.1. The average Bonchev–Trinajstić information content (AvgIpc) is 2.84. The lowest BCUT2D eigenvalue weighted by Gasteiger charge is -2.07. The fourth-order valence-electron chi connectivity index (χ4n) is 2.88. The lowest BCUT2D eigenvalue weighted by Crippen LogP contribution is -1.93. The highest BCUT2D eigenvalue weighted by Gasteiger charge is 2.00. The molecule has 2 aromatic carbocycles. The summed E-state index contributed by atoms with van der Waals surface area (Å²) in [4.78, 5) is 13.6. The Morgan fingerprint density at radius 3 is 2.12 bits per heavy atom. The first kappa shape index (κ1) is 27.3. The molecule has 0 aliphatic heterocycles. The van der Waals surface area contributed by atoms with E-state index in [0.717, 1.165) is 36.8 Å². The van der Waals surface area contributed by atoms with E-state index in [9.17, 15) is 4.79 Å². The van der Waals surface area contributed by atoms with Gasteiger partial charge in [-0.15, -0.1) is 11.8 Å². The molecule has 2 rings (SSSR count). The number of nitrogens with zero attached hydrogens (tertiary/aromatic N) is 2. The zero-order valence-electron chi connectivity index (χ0n) is 18.6. The van der Waals surface area contributed by atoms with Gasteiger partial charge in [0.2, 0.25) is 6.08 Å². The number of hydrogen-bond donors (Lipinski definition) is 2. The summed E-state index contributed by atoms with van der Waals surface area (Å²) in [7, 11) is 0. The van der Waals surface area contributed by atoms with Crippen LogP contribution in [0.4, 0.5) is 5.69 Å². The zero-order valence-corrected chi connectivity index (χ0v) is 18.6. The van der Waals surface area contributed by atoms with Crippen LogP contribution < -0.4 is 4.74 Å². The van der Waals surface area contributed by atoms with E-state index in [0.29, 0.717) is 17.4 Å². The summed E-state index contributed by atoms with van der Waals surface area (Å²) < 4.78 is 4.71. The van der Waals surface area contributed by atoms with Crippen molar-refractivity contribution in [1.82, 2.24) is 0 Å². The van der Waals surface area contributed by atoms with Crippen LogP contribution in [0.15, 0.2) is 90.5 Å². The fraction of sp³-hybridized carbons (Fsp3) is 0.259. The molecule has 0 amide bonds. The van der Waals surface area contributed by atoms with Crippen LogP contribution in [0.1, 0.15) is 30.4 Å². The number of benzene rings is 2. The van der Waals surface area contributed by atoms with Gasteiger partial charge in [0.1, 0.15) is 5.75 Å². The van der Waals surface area contributed by atoms with Crippen LogP contribution >= 0.6 is 0 Å². The van der Waals surface area contributed by atoms with Crippen LogP contribution in [0.5, 0.6) is 5.75 Å². The molecule has 0 radical (unpaired) electrons. The maximum atomic E-state index is 10.1. The zero-order chi connectivity index (χ0) is 24.2. The second-order valence-electron chi connectivity index (χ2n) is 7.00. The Bertz CT molecular complexity index is 951. The molecule has 1 unspecified atom stereocenters. The van der Waals surface area contributed by atoms with Gasteiger partial charge < -0.3 is 14.9 Å². The van der Waals surface area contributed by atoms with Crippen molar-refractivity contribution in [2.75, 3.05) is 13.2 Å². The molecule has 1 atom stereocenters. The first-order chi connectivity index (χ1) is 16.2. The van der Waals surface area contributed by atoms with Gasteiger partial charge in [-0.2, -0.15) is 4.99 Å². The molecule has 33 heavy (non-hydrogen) atoms. The molecular formula is C27H30N2O4. The van der Waals surface area contributed by atoms with Gasteiger partial charge in [-0.1, -0.05) is 54.6 Å². The van der Waals surface area contributed by atoms with E-state index in [1.165, 1.54) is 6.08 Å². The molecule has 6 heteroatoms. The van der Waals surface area contributed by atoms with E-state index in [-0.39, 0.29) is 13.2 Å². The molecular weight excluding hydrogens is 416 g/mol. The van der Waals surface area contributed by atoms with E-state index in [1.807, 2.05) is 42.5 Å². The van der Waals surface area contributed by atoms with Gasteiger partial charge in [-0.3, -0.25) is 0 Å². The molecule has 2 aromatic rings. The fourth-order valence-corrected chi connectivity index (χ4v) is 2.88. The summed E-state index contributed by atoms with van der Waals surface area (Å²) in [6.45, 7) is 3.99. The molecule has 6 nitrogen and oxygen atoms in total. The number of allylic oxidation sites excluding steroid dienone is 3. The highest BCUT2D eigenvalue weighted by Crippen LogP contribution is 2.18. The van der Waals surface area contributed by atoms with Gasteiger partial charge in [-0.05, 0) is 67.0 Å². The molecule has 0 saturated heterocycles. The number of aliphatic hydroxyl groups is 2. The quantitative estimate of drug-likeness (QED) is 0.203. The van der Waals surface area contributed by atoms with Crippen LogP contribution in [0.25, 0.3) is 0 Å². The molecule has 2 N–H and O–H groups in total. The molecule has 0 spiro atoms. The summed E-state index contributed by atoms with van der Waals surface area (Å²) in [5, 5.41) is 25.4. The Balaban J connectivity index is 0.000000349. The Hall–Kier alpha value is -3.75. The van der Waals surface area contributed by atoms with Gasteiger partial charge >= 0.3 is 0 Å².